The Morgan fingerprint density at radius 2 is 1.87 bits per heavy atom. The van der Waals surface area contributed by atoms with Gasteiger partial charge in [-0.1, -0.05) is 13.8 Å². The summed E-state index contributed by atoms with van der Waals surface area (Å²) in [5, 5.41) is 16.1. The number of carboxylic acid groups (broad SMARTS) is 1. The topological polar surface area (TPSA) is 84.2 Å². The fraction of sp³-hybridized carbons (Fsp3) is 0.353. The second-order valence-electron chi connectivity index (χ2n) is 5.94. The van der Waals surface area contributed by atoms with E-state index in [0.717, 1.165) is 11.4 Å². The van der Waals surface area contributed by atoms with Crippen LogP contribution >= 0.6 is 0 Å². The largest absolute Gasteiger partial charge is 0.480 e. The molecule has 0 saturated carbocycles. The van der Waals surface area contributed by atoms with Crippen molar-refractivity contribution < 1.29 is 14.7 Å². The minimum absolute atomic E-state index is 0.182. The van der Waals surface area contributed by atoms with Crippen molar-refractivity contribution >= 4 is 11.9 Å². The first-order chi connectivity index (χ1) is 10.9. The average Bonchev–Trinajstić information content (AvgIpc) is 2.92. The molecule has 1 aromatic carbocycles. The number of aromatic nitrogens is 2. The van der Waals surface area contributed by atoms with E-state index in [1.165, 1.54) is 0 Å². The smallest absolute Gasteiger partial charge is 0.326 e. The molecular weight excluding hydrogens is 294 g/mol. The van der Waals surface area contributed by atoms with Crippen molar-refractivity contribution in [2.45, 2.75) is 33.2 Å². The summed E-state index contributed by atoms with van der Waals surface area (Å²) in [6.45, 7) is 5.74. The zero-order chi connectivity index (χ0) is 17.0. The minimum Gasteiger partial charge on any atom is -0.480 e. The molecule has 23 heavy (non-hydrogen) atoms. The van der Waals surface area contributed by atoms with Gasteiger partial charge >= 0.3 is 5.97 Å². The molecule has 0 bridgehead atoms. The van der Waals surface area contributed by atoms with Gasteiger partial charge in [0, 0.05) is 11.8 Å². The highest BCUT2D eigenvalue weighted by atomic mass is 16.4. The van der Waals surface area contributed by atoms with Crippen LogP contribution in [-0.4, -0.2) is 32.8 Å². The summed E-state index contributed by atoms with van der Waals surface area (Å²) >= 11 is 0. The second-order valence-corrected chi connectivity index (χ2v) is 5.94. The Morgan fingerprint density at radius 1 is 1.22 bits per heavy atom. The molecule has 1 aromatic heterocycles. The monoisotopic (exact) mass is 315 g/mol. The van der Waals surface area contributed by atoms with Crippen LogP contribution in [0.5, 0.6) is 0 Å². The van der Waals surface area contributed by atoms with Crippen molar-refractivity contribution in [2.24, 2.45) is 5.92 Å². The predicted molar refractivity (Wildman–Crippen MR) is 86.6 cm³/mol. The Labute approximate surface area is 135 Å². The number of carbonyl (C=O) groups is 2. The first kappa shape index (κ1) is 16.7. The predicted octanol–water partition coefficient (Wildman–Crippen LogP) is 2.41. The number of hydrogen-bond acceptors (Lipinski definition) is 3. The molecule has 2 rings (SSSR count). The van der Waals surface area contributed by atoms with Gasteiger partial charge in [0.1, 0.15) is 6.04 Å². The quantitative estimate of drug-likeness (QED) is 0.857. The maximum Gasteiger partial charge on any atom is 0.326 e. The van der Waals surface area contributed by atoms with E-state index in [0.29, 0.717) is 12.0 Å². The van der Waals surface area contributed by atoms with E-state index in [4.69, 9.17) is 0 Å². The first-order valence-corrected chi connectivity index (χ1v) is 7.53. The molecular formula is C17H21N3O3. The van der Waals surface area contributed by atoms with E-state index in [1.807, 2.05) is 33.0 Å². The molecule has 0 aliphatic rings. The van der Waals surface area contributed by atoms with Crippen LogP contribution in [0.15, 0.2) is 36.5 Å². The molecule has 1 amide bonds. The lowest BCUT2D eigenvalue weighted by atomic mass is 10.0. The van der Waals surface area contributed by atoms with Gasteiger partial charge < -0.3 is 10.4 Å². The van der Waals surface area contributed by atoms with E-state index < -0.39 is 12.0 Å². The van der Waals surface area contributed by atoms with Gasteiger partial charge in [-0.3, -0.25) is 4.79 Å². The summed E-state index contributed by atoms with van der Waals surface area (Å²) in [5.74, 6) is -1.22. The number of carboxylic acids is 1. The molecule has 1 heterocycles. The van der Waals surface area contributed by atoms with Gasteiger partial charge in [0.05, 0.1) is 11.4 Å². The van der Waals surface area contributed by atoms with Crippen molar-refractivity contribution in [2.75, 3.05) is 0 Å². The van der Waals surface area contributed by atoms with Gasteiger partial charge in [-0.25, -0.2) is 9.48 Å². The number of aryl methyl sites for hydroxylation is 1. The number of carbonyl (C=O) groups excluding carboxylic acids is 1. The summed E-state index contributed by atoms with van der Waals surface area (Å²) in [7, 11) is 0. The van der Waals surface area contributed by atoms with Gasteiger partial charge in [0.2, 0.25) is 0 Å². The second kappa shape index (κ2) is 7.09. The third-order valence-electron chi connectivity index (χ3n) is 3.43. The lowest BCUT2D eigenvalue weighted by Crippen LogP contribution is -2.41. The van der Waals surface area contributed by atoms with E-state index in [1.54, 1.807) is 28.9 Å². The number of rotatable bonds is 6. The Kier molecular flexibility index (Phi) is 5.16. The van der Waals surface area contributed by atoms with Crippen LogP contribution in [0.2, 0.25) is 0 Å². The molecule has 2 aromatic rings. The van der Waals surface area contributed by atoms with Crippen LogP contribution in [-0.2, 0) is 4.79 Å². The maximum absolute atomic E-state index is 12.2. The molecule has 0 aliphatic heterocycles. The van der Waals surface area contributed by atoms with Crippen LogP contribution in [0.25, 0.3) is 5.69 Å². The molecule has 6 nitrogen and oxygen atoms in total. The lowest BCUT2D eigenvalue weighted by Gasteiger charge is -2.16. The van der Waals surface area contributed by atoms with Gasteiger partial charge in [-0.2, -0.15) is 5.10 Å². The zero-order valence-corrected chi connectivity index (χ0v) is 13.5. The summed E-state index contributed by atoms with van der Waals surface area (Å²) in [4.78, 5) is 23.4. The van der Waals surface area contributed by atoms with Crippen LogP contribution in [0.4, 0.5) is 0 Å². The molecule has 1 atom stereocenters. The van der Waals surface area contributed by atoms with Crippen LogP contribution in [0.1, 0.15) is 36.3 Å². The fourth-order valence-corrected chi connectivity index (χ4v) is 2.26. The number of benzene rings is 1. The van der Waals surface area contributed by atoms with Gasteiger partial charge in [-0.15, -0.1) is 0 Å². The molecule has 122 valence electrons. The van der Waals surface area contributed by atoms with Crippen molar-refractivity contribution in [3.8, 4) is 5.69 Å². The average molecular weight is 315 g/mol. The lowest BCUT2D eigenvalue weighted by molar-refractivity contribution is -0.139. The summed E-state index contributed by atoms with van der Waals surface area (Å²) in [6.07, 6.45) is 2.24. The molecule has 0 unspecified atom stereocenters. The Hall–Kier alpha value is -2.63. The molecule has 6 heteroatoms. The highest BCUT2D eigenvalue weighted by Crippen LogP contribution is 2.11. The fourth-order valence-electron chi connectivity index (χ4n) is 2.26. The van der Waals surface area contributed by atoms with Crippen molar-refractivity contribution in [3.05, 3.63) is 47.8 Å². The normalized spacial score (nSPS) is 12.2. The third kappa shape index (κ3) is 4.42. The molecule has 0 radical (unpaired) electrons. The van der Waals surface area contributed by atoms with Crippen LogP contribution < -0.4 is 5.32 Å². The standard InChI is InChI=1S/C17H21N3O3/c1-11(2)10-15(17(22)23)18-16(21)13-4-6-14(7-5-13)20-9-8-12(3)19-20/h4-9,11,15H,10H2,1-3H3,(H,18,21)(H,22,23)/t15-/m1/s1. The summed E-state index contributed by atoms with van der Waals surface area (Å²) < 4.78 is 1.72. The molecule has 0 saturated heterocycles. The van der Waals surface area contributed by atoms with Crippen LogP contribution in [0.3, 0.4) is 0 Å². The molecule has 2 N–H and O–H groups in total. The Balaban J connectivity index is 2.09. The number of nitrogens with zero attached hydrogens (tertiary/aromatic N) is 2. The van der Waals surface area contributed by atoms with Crippen molar-refractivity contribution in [3.63, 3.8) is 0 Å². The summed E-state index contributed by atoms with van der Waals surface area (Å²) in [5.41, 5.74) is 2.17. The Morgan fingerprint density at radius 3 is 2.35 bits per heavy atom. The van der Waals surface area contributed by atoms with Crippen LogP contribution in [0, 0.1) is 12.8 Å². The minimum atomic E-state index is -1.02. The highest BCUT2D eigenvalue weighted by molar-refractivity contribution is 5.96. The zero-order valence-electron chi connectivity index (χ0n) is 13.5. The van der Waals surface area contributed by atoms with E-state index in [9.17, 15) is 14.7 Å². The third-order valence-corrected chi connectivity index (χ3v) is 3.43. The molecule has 0 spiro atoms. The number of amides is 1. The SMILES string of the molecule is Cc1ccn(-c2ccc(C(=O)N[C@H](CC(C)C)C(=O)O)cc2)n1. The first-order valence-electron chi connectivity index (χ1n) is 7.53. The maximum atomic E-state index is 12.2. The molecule has 0 fully saturated rings. The molecule has 0 aliphatic carbocycles. The van der Waals surface area contributed by atoms with Gasteiger partial charge in [-0.05, 0) is 49.6 Å². The summed E-state index contributed by atoms with van der Waals surface area (Å²) in [6, 6.07) is 7.89. The highest BCUT2D eigenvalue weighted by Gasteiger charge is 2.21. The van der Waals surface area contributed by atoms with Gasteiger partial charge in [0.15, 0.2) is 0 Å². The van der Waals surface area contributed by atoms with E-state index in [-0.39, 0.29) is 11.8 Å². The Bertz CT molecular complexity index is 689. The number of hydrogen-bond donors (Lipinski definition) is 2. The number of nitrogens with one attached hydrogen (secondary N) is 1. The van der Waals surface area contributed by atoms with Crippen molar-refractivity contribution in [1.82, 2.24) is 15.1 Å². The van der Waals surface area contributed by atoms with E-state index in [2.05, 4.69) is 10.4 Å². The van der Waals surface area contributed by atoms with Gasteiger partial charge in [0.25, 0.3) is 5.91 Å². The van der Waals surface area contributed by atoms with Crippen molar-refractivity contribution in [1.29, 1.82) is 0 Å². The number of aliphatic carboxylic acids is 1. The van der Waals surface area contributed by atoms with E-state index >= 15 is 0 Å².